The number of nitrogens with two attached hydrogens (primary N) is 1. The maximum atomic E-state index is 11.1. The lowest BCUT2D eigenvalue weighted by atomic mass is 10.3. The molecule has 6 heteroatoms. The highest BCUT2D eigenvalue weighted by Gasteiger charge is 2.07. The number of hydrogen-bond acceptors (Lipinski definition) is 5. The Morgan fingerprint density at radius 2 is 2.05 bits per heavy atom. The second-order valence-corrected chi connectivity index (χ2v) is 5.24. The van der Waals surface area contributed by atoms with Crippen LogP contribution in [0.25, 0.3) is 10.3 Å². The fourth-order valence-electron chi connectivity index (χ4n) is 1.64. The topological polar surface area (TPSA) is 65.5 Å². The molecule has 0 spiro atoms. The van der Waals surface area contributed by atoms with Crippen LogP contribution in [0.4, 0.5) is 5.69 Å². The molecule has 0 saturated carbocycles. The first-order valence-corrected chi connectivity index (χ1v) is 6.58. The van der Waals surface area contributed by atoms with Crippen LogP contribution < -0.4 is 15.4 Å². The maximum Gasteiger partial charge on any atom is 0.396 e. The van der Waals surface area contributed by atoms with E-state index in [9.17, 15) is 4.79 Å². The number of hydrogen-bond donors (Lipinski definition) is 1. The van der Waals surface area contributed by atoms with Crippen molar-refractivity contribution in [2.75, 3.05) is 5.73 Å². The van der Waals surface area contributed by atoms with E-state index in [2.05, 4.69) is 0 Å². The Bertz CT molecular complexity index is 809. The lowest BCUT2D eigenvalue weighted by Crippen LogP contribution is -1.88. The van der Waals surface area contributed by atoms with Gasteiger partial charge in [0.05, 0.1) is 9.72 Å². The van der Waals surface area contributed by atoms with E-state index in [1.807, 2.05) is 0 Å². The molecule has 0 radical (unpaired) electrons. The second-order valence-electron chi connectivity index (χ2n) is 3.85. The smallest absolute Gasteiger partial charge is 0.396 e. The fraction of sp³-hybridized carbons (Fsp3) is 0. The zero-order valence-electron chi connectivity index (χ0n) is 9.55. The molecule has 0 unspecified atom stereocenters. The predicted octanol–water partition coefficient (Wildman–Crippen LogP) is 3.88. The van der Waals surface area contributed by atoms with Crippen LogP contribution in [0, 0.1) is 0 Å². The zero-order valence-corrected chi connectivity index (χ0v) is 11.1. The Kier molecular flexibility index (Phi) is 2.93. The first-order valence-electron chi connectivity index (χ1n) is 5.38. The monoisotopic (exact) mass is 293 g/mol. The second kappa shape index (κ2) is 4.60. The number of nitrogen functional groups attached to an aromatic ring is 1. The van der Waals surface area contributed by atoms with Gasteiger partial charge in [0.2, 0.25) is 0 Å². The van der Waals surface area contributed by atoms with Crippen molar-refractivity contribution in [3.05, 3.63) is 51.2 Å². The number of ether oxygens (including phenoxy) is 1. The van der Waals surface area contributed by atoms with E-state index >= 15 is 0 Å². The van der Waals surface area contributed by atoms with Gasteiger partial charge in [0.1, 0.15) is 11.5 Å². The van der Waals surface area contributed by atoms with Crippen molar-refractivity contribution in [3.63, 3.8) is 0 Å². The Morgan fingerprint density at radius 1 is 1.21 bits per heavy atom. The molecule has 0 fully saturated rings. The van der Waals surface area contributed by atoms with E-state index in [-0.39, 0.29) is 4.94 Å². The van der Waals surface area contributed by atoms with Gasteiger partial charge in [-0.1, -0.05) is 22.9 Å². The number of fused-ring (bicyclic) bond motifs is 1. The van der Waals surface area contributed by atoms with Crippen LogP contribution in [0.3, 0.4) is 0 Å². The molecule has 96 valence electrons. The highest BCUT2D eigenvalue weighted by molar-refractivity contribution is 7.16. The summed E-state index contributed by atoms with van der Waals surface area (Å²) in [5.41, 5.74) is 6.68. The quantitative estimate of drug-likeness (QED) is 0.728. The van der Waals surface area contributed by atoms with E-state index < -0.39 is 0 Å². The molecule has 0 atom stereocenters. The molecule has 3 aromatic rings. The molecule has 0 aliphatic rings. The minimum absolute atomic E-state index is 0.335. The Morgan fingerprint density at radius 3 is 2.84 bits per heavy atom. The third kappa shape index (κ3) is 2.43. The third-order valence-corrected chi connectivity index (χ3v) is 3.59. The molecule has 4 nitrogen and oxygen atoms in total. The Balaban J connectivity index is 1.98. The maximum absolute atomic E-state index is 11.1. The SMILES string of the molecule is Nc1ccc(Oc2ccc3sc(=O)oc3c2)c(Cl)c1. The Labute approximate surface area is 117 Å². The molecule has 0 amide bonds. The molecule has 3 rings (SSSR count). The summed E-state index contributed by atoms with van der Waals surface area (Å²) < 4.78 is 11.4. The van der Waals surface area contributed by atoms with Crippen LogP contribution in [0.5, 0.6) is 11.5 Å². The highest BCUT2D eigenvalue weighted by Crippen LogP contribution is 2.32. The summed E-state index contributed by atoms with van der Waals surface area (Å²) in [7, 11) is 0. The first-order chi connectivity index (χ1) is 9.11. The van der Waals surface area contributed by atoms with Gasteiger partial charge in [-0.25, -0.2) is 4.79 Å². The van der Waals surface area contributed by atoms with E-state index in [4.69, 9.17) is 26.5 Å². The van der Waals surface area contributed by atoms with Gasteiger partial charge in [0, 0.05) is 11.8 Å². The Hall–Kier alpha value is -1.98. The largest absolute Gasteiger partial charge is 0.456 e. The van der Waals surface area contributed by atoms with Gasteiger partial charge in [-0.2, -0.15) is 0 Å². The van der Waals surface area contributed by atoms with Gasteiger partial charge in [-0.3, -0.25) is 0 Å². The van der Waals surface area contributed by atoms with Crippen LogP contribution in [0.2, 0.25) is 5.02 Å². The van der Waals surface area contributed by atoms with E-state index in [1.165, 1.54) is 0 Å². The average molecular weight is 294 g/mol. The standard InChI is InChI=1S/C13H8ClNO3S/c14-9-5-7(15)1-3-10(9)17-8-2-4-12-11(6-8)18-13(16)19-12/h1-6H,15H2. The highest BCUT2D eigenvalue weighted by atomic mass is 35.5. The fourth-order valence-corrected chi connectivity index (χ4v) is 2.52. The van der Waals surface area contributed by atoms with Crippen molar-refractivity contribution in [1.82, 2.24) is 0 Å². The third-order valence-electron chi connectivity index (χ3n) is 2.49. The van der Waals surface area contributed by atoms with Gasteiger partial charge in [-0.05, 0) is 30.3 Å². The summed E-state index contributed by atoms with van der Waals surface area (Å²) in [5, 5.41) is 0.423. The molecule has 0 aliphatic carbocycles. The van der Waals surface area contributed by atoms with Crippen molar-refractivity contribution >= 4 is 38.9 Å². The van der Waals surface area contributed by atoms with Crippen molar-refractivity contribution in [2.24, 2.45) is 0 Å². The summed E-state index contributed by atoms with van der Waals surface area (Å²) in [6.07, 6.45) is 0. The predicted molar refractivity (Wildman–Crippen MR) is 76.3 cm³/mol. The molecule has 0 saturated heterocycles. The average Bonchev–Trinajstić information content (AvgIpc) is 2.72. The van der Waals surface area contributed by atoms with Gasteiger partial charge in [0.15, 0.2) is 5.58 Å². The van der Waals surface area contributed by atoms with Gasteiger partial charge >= 0.3 is 4.94 Å². The van der Waals surface area contributed by atoms with Gasteiger partial charge in [-0.15, -0.1) is 0 Å². The molecule has 1 aromatic heterocycles. The van der Waals surface area contributed by atoms with Gasteiger partial charge < -0.3 is 14.9 Å². The summed E-state index contributed by atoms with van der Waals surface area (Å²) in [6, 6.07) is 10.2. The molecular formula is C13H8ClNO3S. The minimum Gasteiger partial charge on any atom is -0.456 e. The molecule has 19 heavy (non-hydrogen) atoms. The molecule has 2 N–H and O–H groups in total. The van der Waals surface area contributed by atoms with E-state index in [1.54, 1.807) is 36.4 Å². The number of halogens is 1. The molecule has 0 bridgehead atoms. The lowest BCUT2D eigenvalue weighted by molar-refractivity contribution is 0.481. The van der Waals surface area contributed by atoms with Crippen LogP contribution in [-0.2, 0) is 0 Å². The number of anilines is 1. The first kappa shape index (κ1) is 12.1. The van der Waals surface area contributed by atoms with Crippen molar-refractivity contribution in [2.45, 2.75) is 0 Å². The van der Waals surface area contributed by atoms with Crippen LogP contribution >= 0.6 is 22.9 Å². The zero-order chi connectivity index (χ0) is 13.4. The molecule has 0 aliphatic heterocycles. The van der Waals surface area contributed by atoms with Crippen molar-refractivity contribution < 1.29 is 9.15 Å². The van der Waals surface area contributed by atoms with E-state index in [0.29, 0.717) is 27.8 Å². The van der Waals surface area contributed by atoms with Crippen molar-refractivity contribution in [3.8, 4) is 11.5 Å². The number of rotatable bonds is 2. The molecule has 1 heterocycles. The number of benzene rings is 2. The summed E-state index contributed by atoms with van der Waals surface area (Å²) >= 11 is 7.08. The normalized spacial score (nSPS) is 10.8. The van der Waals surface area contributed by atoms with Gasteiger partial charge in [0.25, 0.3) is 0 Å². The van der Waals surface area contributed by atoms with Crippen LogP contribution in [0.15, 0.2) is 45.6 Å². The van der Waals surface area contributed by atoms with Crippen molar-refractivity contribution in [1.29, 1.82) is 0 Å². The summed E-state index contributed by atoms with van der Waals surface area (Å²) in [5.74, 6) is 1.04. The summed E-state index contributed by atoms with van der Waals surface area (Å²) in [6.45, 7) is 0. The minimum atomic E-state index is -0.335. The summed E-state index contributed by atoms with van der Waals surface area (Å²) in [4.78, 5) is 10.8. The molecule has 2 aromatic carbocycles. The van der Waals surface area contributed by atoms with E-state index in [0.717, 1.165) is 16.0 Å². The lowest BCUT2D eigenvalue weighted by Gasteiger charge is -2.07. The van der Waals surface area contributed by atoms with Crippen LogP contribution in [-0.4, -0.2) is 0 Å². The molecular weight excluding hydrogens is 286 g/mol. The van der Waals surface area contributed by atoms with Crippen LogP contribution in [0.1, 0.15) is 0 Å².